The van der Waals surface area contributed by atoms with E-state index in [1.54, 1.807) is 28.6 Å². The summed E-state index contributed by atoms with van der Waals surface area (Å²) in [6.07, 6.45) is 2.77. The number of hydrogen-bond acceptors (Lipinski definition) is 9. The van der Waals surface area contributed by atoms with E-state index in [0.717, 1.165) is 60.8 Å². The van der Waals surface area contributed by atoms with Crippen molar-refractivity contribution in [1.29, 1.82) is 0 Å². The molecule has 1 amide bonds. The highest BCUT2D eigenvalue weighted by molar-refractivity contribution is 7.89. The third-order valence-corrected chi connectivity index (χ3v) is 10.5. The number of sulfonamides is 1. The summed E-state index contributed by atoms with van der Waals surface area (Å²) in [6.45, 7) is 6.84. The van der Waals surface area contributed by atoms with Crippen molar-refractivity contribution in [3.63, 3.8) is 0 Å². The highest BCUT2D eigenvalue weighted by Crippen LogP contribution is 2.32. The zero-order valence-electron chi connectivity index (χ0n) is 21.8. The van der Waals surface area contributed by atoms with Gasteiger partial charge in [-0.05, 0) is 50.1 Å². The van der Waals surface area contributed by atoms with E-state index in [0.29, 0.717) is 25.2 Å². The molecule has 13 heteroatoms. The maximum atomic E-state index is 13.0. The molecule has 3 heterocycles. The molecule has 0 saturated carbocycles. The van der Waals surface area contributed by atoms with E-state index < -0.39 is 14.9 Å². The molecule has 208 valence electrons. The van der Waals surface area contributed by atoms with Crippen LogP contribution in [0.2, 0.25) is 0 Å². The maximum absolute atomic E-state index is 13.0. The number of anilines is 1. The molecule has 39 heavy (non-hydrogen) atoms. The van der Waals surface area contributed by atoms with Gasteiger partial charge in [0, 0.05) is 69.6 Å². The van der Waals surface area contributed by atoms with Crippen molar-refractivity contribution in [1.82, 2.24) is 19.5 Å². The standard InChI is InChI=1S/C26H32N6O5S2/c1-19-4-2-3-12-31(19)39(36,37)22-8-5-20(6-9-22)25(33)27-11-13-29-14-16-30(17-15-29)26-28-23-10-7-21(32(34)35)18-24(23)38-26/h5-10,18-19H,2-4,11-17H2,1H3,(H,27,33). The number of carbonyl (C=O) groups is 1. The summed E-state index contributed by atoms with van der Waals surface area (Å²) in [4.78, 5) is 32.6. The molecule has 0 aliphatic carbocycles. The molecular formula is C26H32N6O5S2. The van der Waals surface area contributed by atoms with E-state index in [4.69, 9.17) is 0 Å². The van der Waals surface area contributed by atoms with E-state index in [1.165, 1.54) is 29.5 Å². The summed E-state index contributed by atoms with van der Waals surface area (Å²) in [5.41, 5.74) is 1.26. The Bertz CT molecular complexity index is 1450. The number of non-ortho nitro benzene ring substituents is 1. The summed E-state index contributed by atoms with van der Waals surface area (Å²) in [6, 6.07) is 10.9. The number of rotatable bonds is 8. The van der Waals surface area contributed by atoms with E-state index in [9.17, 15) is 23.3 Å². The number of benzene rings is 2. The summed E-state index contributed by atoms with van der Waals surface area (Å²) in [5, 5.41) is 14.8. The molecule has 2 aromatic carbocycles. The monoisotopic (exact) mass is 572 g/mol. The van der Waals surface area contributed by atoms with Gasteiger partial charge in [-0.25, -0.2) is 13.4 Å². The minimum Gasteiger partial charge on any atom is -0.351 e. The van der Waals surface area contributed by atoms with Crippen molar-refractivity contribution >= 4 is 48.3 Å². The largest absolute Gasteiger partial charge is 0.351 e. The number of piperazine rings is 1. The molecule has 11 nitrogen and oxygen atoms in total. The lowest BCUT2D eigenvalue weighted by molar-refractivity contribution is -0.384. The number of nitrogens with one attached hydrogen (secondary N) is 1. The lowest BCUT2D eigenvalue weighted by Crippen LogP contribution is -2.48. The normalized spacial score (nSPS) is 19.3. The Morgan fingerprint density at radius 2 is 1.85 bits per heavy atom. The van der Waals surface area contributed by atoms with Crippen LogP contribution in [0, 0.1) is 10.1 Å². The smallest absolute Gasteiger partial charge is 0.270 e. The fourth-order valence-corrected chi connectivity index (χ4v) is 7.83. The first-order valence-electron chi connectivity index (χ1n) is 13.1. The molecule has 0 bridgehead atoms. The van der Waals surface area contributed by atoms with Gasteiger partial charge in [-0.1, -0.05) is 17.8 Å². The Balaban J connectivity index is 1.09. The van der Waals surface area contributed by atoms with Crippen LogP contribution in [0.25, 0.3) is 10.2 Å². The SMILES string of the molecule is CC1CCCCN1S(=O)(=O)c1ccc(C(=O)NCCN2CCN(c3nc4ccc([N+](=O)[O-])cc4s3)CC2)cc1. The van der Waals surface area contributed by atoms with E-state index in [2.05, 4.69) is 20.1 Å². The minimum atomic E-state index is -3.56. The van der Waals surface area contributed by atoms with Crippen molar-refractivity contribution in [2.24, 2.45) is 0 Å². The number of piperidine rings is 1. The first-order chi connectivity index (χ1) is 18.7. The second-order valence-electron chi connectivity index (χ2n) is 9.98. The fourth-order valence-electron chi connectivity index (χ4n) is 5.08. The molecule has 1 aromatic heterocycles. The molecule has 1 unspecified atom stereocenters. The third kappa shape index (κ3) is 6.06. The van der Waals surface area contributed by atoms with Gasteiger partial charge in [0.2, 0.25) is 10.0 Å². The zero-order valence-corrected chi connectivity index (χ0v) is 23.4. The summed E-state index contributed by atoms with van der Waals surface area (Å²) < 4.78 is 28.4. The van der Waals surface area contributed by atoms with Crippen LogP contribution in [-0.4, -0.2) is 85.3 Å². The summed E-state index contributed by atoms with van der Waals surface area (Å²) in [7, 11) is -3.56. The predicted octanol–water partition coefficient (Wildman–Crippen LogP) is 3.32. The molecule has 2 fully saturated rings. The Morgan fingerprint density at radius 3 is 2.54 bits per heavy atom. The molecule has 1 atom stereocenters. The van der Waals surface area contributed by atoms with E-state index in [-0.39, 0.29) is 22.5 Å². The van der Waals surface area contributed by atoms with Crippen molar-refractivity contribution in [2.45, 2.75) is 37.1 Å². The van der Waals surface area contributed by atoms with Gasteiger partial charge in [0.25, 0.3) is 11.6 Å². The van der Waals surface area contributed by atoms with E-state index >= 15 is 0 Å². The lowest BCUT2D eigenvalue weighted by Gasteiger charge is -2.34. The Morgan fingerprint density at radius 1 is 1.10 bits per heavy atom. The van der Waals surface area contributed by atoms with Crippen LogP contribution in [-0.2, 0) is 10.0 Å². The second-order valence-corrected chi connectivity index (χ2v) is 12.9. The number of fused-ring (bicyclic) bond motifs is 1. The number of amides is 1. The van der Waals surface area contributed by atoms with Gasteiger partial charge in [0.05, 0.1) is 20.0 Å². The first kappa shape index (κ1) is 27.4. The average Bonchev–Trinajstić information content (AvgIpc) is 3.37. The zero-order chi connectivity index (χ0) is 27.6. The minimum absolute atomic E-state index is 0.0150. The molecule has 0 spiro atoms. The Labute approximate surface area is 231 Å². The summed E-state index contributed by atoms with van der Waals surface area (Å²) in [5.74, 6) is -0.229. The molecular weight excluding hydrogens is 540 g/mol. The van der Waals surface area contributed by atoms with Crippen LogP contribution in [0.1, 0.15) is 36.5 Å². The highest BCUT2D eigenvalue weighted by Gasteiger charge is 2.31. The number of nitro groups is 1. The molecule has 2 saturated heterocycles. The number of nitro benzene ring substituents is 1. The van der Waals surface area contributed by atoms with Crippen molar-refractivity contribution in [3.05, 3.63) is 58.1 Å². The van der Waals surface area contributed by atoms with Crippen LogP contribution >= 0.6 is 11.3 Å². The molecule has 2 aliphatic rings. The average molecular weight is 573 g/mol. The first-order valence-corrected chi connectivity index (χ1v) is 15.4. The number of hydrogen-bond donors (Lipinski definition) is 1. The number of nitrogens with zero attached hydrogens (tertiary/aromatic N) is 5. The van der Waals surface area contributed by atoms with Crippen LogP contribution in [0.3, 0.4) is 0 Å². The van der Waals surface area contributed by atoms with Gasteiger partial charge in [0.1, 0.15) is 0 Å². The van der Waals surface area contributed by atoms with E-state index in [1.807, 2.05) is 6.92 Å². The van der Waals surface area contributed by atoms with Gasteiger partial charge in [0.15, 0.2) is 5.13 Å². The predicted molar refractivity (Wildman–Crippen MR) is 151 cm³/mol. The molecule has 2 aliphatic heterocycles. The van der Waals surface area contributed by atoms with Crippen molar-refractivity contribution in [3.8, 4) is 0 Å². The quantitative estimate of drug-likeness (QED) is 0.322. The molecule has 5 rings (SSSR count). The third-order valence-electron chi connectivity index (χ3n) is 7.39. The highest BCUT2D eigenvalue weighted by atomic mass is 32.2. The van der Waals surface area contributed by atoms with Crippen LogP contribution < -0.4 is 10.2 Å². The van der Waals surface area contributed by atoms with Gasteiger partial charge in [-0.15, -0.1) is 0 Å². The van der Waals surface area contributed by atoms with Gasteiger partial charge < -0.3 is 10.2 Å². The topological polar surface area (TPSA) is 129 Å². The number of aromatic nitrogens is 1. The van der Waals surface area contributed by atoms with Gasteiger partial charge >= 0.3 is 0 Å². The van der Waals surface area contributed by atoms with Crippen LogP contribution in [0.15, 0.2) is 47.4 Å². The van der Waals surface area contributed by atoms with Crippen LogP contribution in [0.4, 0.5) is 10.8 Å². The van der Waals surface area contributed by atoms with Crippen molar-refractivity contribution < 1.29 is 18.1 Å². The molecule has 1 N–H and O–H groups in total. The van der Waals surface area contributed by atoms with Gasteiger partial charge in [-0.2, -0.15) is 4.31 Å². The van der Waals surface area contributed by atoms with Crippen LogP contribution in [0.5, 0.6) is 0 Å². The number of thiazole rings is 1. The maximum Gasteiger partial charge on any atom is 0.270 e. The number of carbonyl (C=O) groups excluding carboxylic acids is 1. The summed E-state index contributed by atoms with van der Waals surface area (Å²) >= 11 is 1.46. The Hall–Kier alpha value is -3.13. The Kier molecular flexibility index (Phi) is 8.12. The van der Waals surface area contributed by atoms with Crippen molar-refractivity contribution in [2.75, 3.05) is 50.7 Å². The molecule has 0 radical (unpaired) electrons. The lowest BCUT2D eigenvalue weighted by atomic mass is 10.1. The molecule has 3 aromatic rings. The fraction of sp³-hybridized carbons (Fsp3) is 0.462. The van der Waals surface area contributed by atoms with Gasteiger partial charge in [-0.3, -0.25) is 19.8 Å². The second kappa shape index (κ2) is 11.5.